The van der Waals surface area contributed by atoms with Gasteiger partial charge in [0.25, 0.3) is 0 Å². The summed E-state index contributed by atoms with van der Waals surface area (Å²) < 4.78 is 0. The van der Waals surface area contributed by atoms with Crippen LogP contribution in [0, 0.1) is 5.92 Å². The second-order valence-corrected chi connectivity index (χ2v) is 7.50. The lowest BCUT2D eigenvalue weighted by Crippen LogP contribution is -2.47. The molecule has 1 aliphatic carbocycles. The van der Waals surface area contributed by atoms with E-state index in [1.807, 2.05) is 0 Å². The summed E-state index contributed by atoms with van der Waals surface area (Å²) in [4.78, 5) is 15.0. The van der Waals surface area contributed by atoms with E-state index >= 15 is 0 Å². The first kappa shape index (κ1) is 16.3. The van der Waals surface area contributed by atoms with E-state index in [9.17, 15) is 4.79 Å². The van der Waals surface area contributed by atoms with Crippen LogP contribution in [0.2, 0.25) is 0 Å². The lowest BCUT2D eigenvalue weighted by atomic mass is 9.83. The second kappa shape index (κ2) is 7.01. The molecule has 4 rings (SSSR count). The van der Waals surface area contributed by atoms with Crippen LogP contribution in [0.25, 0.3) is 0 Å². The molecule has 2 aromatic carbocycles. The Labute approximate surface area is 150 Å². The predicted molar refractivity (Wildman–Crippen MR) is 100 cm³/mol. The second-order valence-electron chi connectivity index (χ2n) is 7.50. The average Bonchev–Trinajstić information content (AvgIpc) is 2.65. The molecule has 0 saturated heterocycles. The Morgan fingerprint density at radius 2 is 1.64 bits per heavy atom. The van der Waals surface area contributed by atoms with Crippen molar-refractivity contribution in [1.82, 2.24) is 10.2 Å². The summed E-state index contributed by atoms with van der Waals surface area (Å²) in [6, 6.07) is 17.6. The molecule has 130 valence electrons. The molecule has 1 heterocycles. The molecule has 0 aromatic heterocycles. The van der Waals surface area contributed by atoms with E-state index in [2.05, 4.69) is 65.8 Å². The average molecular weight is 334 g/mol. The molecular weight excluding hydrogens is 308 g/mol. The fourth-order valence-corrected chi connectivity index (χ4v) is 4.23. The molecule has 0 spiro atoms. The summed E-state index contributed by atoms with van der Waals surface area (Å²) in [6.07, 6.45) is 3.88. The Kier molecular flexibility index (Phi) is 4.58. The molecule has 2 aromatic rings. The van der Waals surface area contributed by atoms with Gasteiger partial charge in [-0.05, 0) is 55.0 Å². The largest absolute Gasteiger partial charge is 0.354 e. The number of amides is 1. The molecule has 2 aliphatic rings. The predicted octanol–water partition coefficient (Wildman–Crippen LogP) is 2.96. The Morgan fingerprint density at radius 1 is 1.00 bits per heavy atom. The zero-order valence-corrected chi connectivity index (χ0v) is 14.9. The van der Waals surface area contributed by atoms with Gasteiger partial charge < -0.3 is 5.32 Å². The maximum atomic E-state index is 12.7. The van der Waals surface area contributed by atoms with Crippen LogP contribution in [0.4, 0.5) is 0 Å². The van der Waals surface area contributed by atoms with Gasteiger partial charge in [0.1, 0.15) is 0 Å². The summed E-state index contributed by atoms with van der Waals surface area (Å²) >= 11 is 0. The van der Waals surface area contributed by atoms with Gasteiger partial charge in [-0.1, -0.05) is 48.5 Å². The van der Waals surface area contributed by atoms with Gasteiger partial charge in [-0.15, -0.1) is 0 Å². The van der Waals surface area contributed by atoms with E-state index in [-0.39, 0.29) is 11.8 Å². The van der Waals surface area contributed by atoms with Crippen molar-refractivity contribution in [2.24, 2.45) is 5.92 Å². The van der Waals surface area contributed by atoms with Crippen molar-refractivity contribution >= 4 is 5.91 Å². The highest BCUT2D eigenvalue weighted by Gasteiger charge is 2.27. The van der Waals surface area contributed by atoms with Crippen LogP contribution in [0.15, 0.2) is 48.5 Å². The molecular formula is C22H26N2O. The van der Waals surface area contributed by atoms with Gasteiger partial charge in [0.2, 0.25) is 5.91 Å². The van der Waals surface area contributed by atoms with Crippen molar-refractivity contribution in [2.75, 3.05) is 13.6 Å². The van der Waals surface area contributed by atoms with Crippen LogP contribution < -0.4 is 5.32 Å². The third kappa shape index (κ3) is 3.47. The molecule has 3 nitrogen and oxygen atoms in total. The molecule has 1 amide bonds. The van der Waals surface area contributed by atoms with Gasteiger partial charge >= 0.3 is 0 Å². The van der Waals surface area contributed by atoms with Crippen molar-refractivity contribution < 1.29 is 4.79 Å². The summed E-state index contributed by atoms with van der Waals surface area (Å²) in [5, 5.41) is 3.23. The number of benzene rings is 2. The zero-order valence-electron chi connectivity index (χ0n) is 14.9. The molecule has 0 saturated carbocycles. The first-order valence-corrected chi connectivity index (χ1v) is 9.32. The van der Waals surface area contributed by atoms with Gasteiger partial charge in [0.15, 0.2) is 0 Å². The van der Waals surface area contributed by atoms with Gasteiger partial charge in [-0.2, -0.15) is 0 Å². The highest BCUT2D eigenvalue weighted by Crippen LogP contribution is 2.26. The first-order chi connectivity index (χ1) is 12.2. The third-order valence-electron chi connectivity index (χ3n) is 5.85. The Balaban J connectivity index is 1.35. The van der Waals surface area contributed by atoms with E-state index in [0.29, 0.717) is 6.04 Å². The molecule has 1 N–H and O–H groups in total. The first-order valence-electron chi connectivity index (χ1n) is 9.32. The topological polar surface area (TPSA) is 32.3 Å². The monoisotopic (exact) mass is 334 g/mol. The van der Waals surface area contributed by atoms with Gasteiger partial charge in [-0.3, -0.25) is 9.69 Å². The van der Waals surface area contributed by atoms with Crippen LogP contribution in [-0.2, 0) is 30.6 Å². The number of nitrogens with zero attached hydrogens (tertiary/aromatic N) is 1. The number of rotatable bonds is 3. The molecule has 0 bridgehead atoms. The van der Waals surface area contributed by atoms with Gasteiger partial charge in [-0.25, -0.2) is 0 Å². The fourth-order valence-electron chi connectivity index (χ4n) is 4.23. The minimum absolute atomic E-state index is 0.121. The molecule has 2 atom stereocenters. The highest BCUT2D eigenvalue weighted by molar-refractivity contribution is 5.79. The van der Waals surface area contributed by atoms with Crippen molar-refractivity contribution in [3.8, 4) is 0 Å². The van der Waals surface area contributed by atoms with E-state index < -0.39 is 0 Å². The maximum Gasteiger partial charge on any atom is 0.223 e. The minimum atomic E-state index is 0.121. The molecule has 0 radical (unpaired) electrons. The van der Waals surface area contributed by atoms with Crippen LogP contribution in [-0.4, -0.2) is 30.4 Å². The molecule has 1 aliphatic heterocycles. The normalized spacial score (nSPS) is 22.8. The van der Waals surface area contributed by atoms with Crippen LogP contribution in [0.5, 0.6) is 0 Å². The quantitative estimate of drug-likeness (QED) is 0.936. The van der Waals surface area contributed by atoms with Crippen LogP contribution >= 0.6 is 0 Å². The fraction of sp³-hybridized carbons (Fsp3) is 0.409. The molecule has 25 heavy (non-hydrogen) atoms. The van der Waals surface area contributed by atoms with Crippen LogP contribution in [0.3, 0.4) is 0 Å². The highest BCUT2D eigenvalue weighted by atomic mass is 16.1. The Hall–Kier alpha value is -2.13. The lowest BCUT2D eigenvalue weighted by Gasteiger charge is -2.34. The Bertz CT molecular complexity index is 770. The van der Waals surface area contributed by atoms with E-state index in [1.165, 1.54) is 22.3 Å². The summed E-state index contributed by atoms with van der Waals surface area (Å²) in [5.41, 5.74) is 5.59. The van der Waals surface area contributed by atoms with Gasteiger partial charge in [0, 0.05) is 25.0 Å². The summed E-state index contributed by atoms with van der Waals surface area (Å²) in [5.74, 6) is 0.345. The molecule has 1 unspecified atom stereocenters. The SMILES string of the molecule is CN1Cc2ccccc2CC1CNC(=O)[C@H]1CCc2ccccc2C1. The van der Waals surface area contributed by atoms with Gasteiger partial charge in [0.05, 0.1) is 0 Å². The van der Waals surface area contributed by atoms with E-state index in [4.69, 9.17) is 0 Å². The smallest absolute Gasteiger partial charge is 0.223 e. The summed E-state index contributed by atoms with van der Waals surface area (Å²) in [6.45, 7) is 1.70. The maximum absolute atomic E-state index is 12.7. The van der Waals surface area contributed by atoms with Crippen molar-refractivity contribution in [2.45, 2.75) is 38.3 Å². The van der Waals surface area contributed by atoms with E-state index in [1.54, 1.807) is 0 Å². The molecule has 3 heteroatoms. The number of hydrogen-bond acceptors (Lipinski definition) is 2. The van der Waals surface area contributed by atoms with Crippen molar-refractivity contribution in [3.05, 3.63) is 70.8 Å². The number of aryl methyl sites for hydroxylation is 1. The third-order valence-corrected chi connectivity index (χ3v) is 5.85. The lowest BCUT2D eigenvalue weighted by molar-refractivity contribution is -0.125. The number of carbonyl (C=O) groups excluding carboxylic acids is 1. The summed E-state index contributed by atoms with van der Waals surface area (Å²) in [7, 11) is 2.16. The van der Waals surface area contributed by atoms with Crippen molar-refractivity contribution in [1.29, 1.82) is 0 Å². The number of fused-ring (bicyclic) bond motifs is 2. The zero-order chi connectivity index (χ0) is 17.2. The molecule has 0 fully saturated rings. The van der Waals surface area contributed by atoms with Crippen LogP contribution in [0.1, 0.15) is 28.7 Å². The van der Waals surface area contributed by atoms with E-state index in [0.717, 1.165) is 38.8 Å². The van der Waals surface area contributed by atoms with Crippen molar-refractivity contribution in [3.63, 3.8) is 0 Å². The Morgan fingerprint density at radius 3 is 2.40 bits per heavy atom. The number of nitrogens with one attached hydrogen (secondary N) is 1. The standard InChI is InChI=1S/C22H26N2O/c1-24-15-20-9-5-4-8-18(20)13-21(24)14-23-22(25)19-11-10-16-6-2-3-7-17(16)12-19/h2-9,19,21H,10-15H2,1H3,(H,23,25)/t19-,21?/m0/s1. The number of likely N-dealkylation sites (N-methyl/N-ethyl adjacent to an activating group) is 1. The number of hydrogen-bond donors (Lipinski definition) is 1. The number of carbonyl (C=O) groups is 1. The minimum Gasteiger partial charge on any atom is -0.354 e.